The number of hydrogen-bond acceptors (Lipinski definition) is 5. The molecule has 1 fully saturated rings. The number of carbonyl (C=O) groups is 2. The molecule has 4 rings (SSSR count). The van der Waals surface area contributed by atoms with Crippen molar-refractivity contribution in [1.82, 2.24) is 15.2 Å². The number of pyridine rings is 1. The molecule has 154 valence electrons. The molecule has 2 heterocycles. The minimum absolute atomic E-state index is 0.0623. The second kappa shape index (κ2) is 8.82. The van der Waals surface area contributed by atoms with Crippen LogP contribution < -0.4 is 10.1 Å². The molecule has 1 N–H and O–H groups in total. The Hall–Kier alpha value is -3.61. The van der Waals surface area contributed by atoms with Gasteiger partial charge in [0.05, 0.1) is 19.9 Å². The predicted molar refractivity (Wildman–Crippen MR) is 110 cm³/mol. The molecule has 0 unspecified atom stereocenters. The maximum Gasteiger partial charge on any atom is 0.260 e. The molecule has 30 heavy (non-hydrogen) atoms. The fourth-order valence-electron chi connectivity index (χ4n) is 3.16. The van der Waals surface area contributed by atoms with E-state index < -0.39 is 0 Å². The molecule has 0 aliphatic heterocycles. The topological polar surface area (TPSA) is 84.7 Å². The van der Waals surface area contributed by atoms with Crippen LogP contribution in [0, 0.1) is 0 Å². The van der Waals surface area contributed by atoms with Crippen molar-refractivity contribution in [2.45, 2.75) is 32.0 Å². The third kappa shape index (κ3) is 4.68. The highest BCUT2D eigenvalue weighted by atomic mass is 16.5. The van der Waals surface area contributed by atoms with Crippen molar-refractivity contribution in [3.05, 3.63) is 83.4 Å². The molecule has 0 saturated heterocycles. The Morgan fingerprint density at radius 1 is 1.13 bits per heavy atom. The molecule has 7 nitrogen and oxygen atoms in total. The lowest BCUT2D eigenvalue weighted by molar-refractivity contribution is 0.0713. The number of methoxy groups -OCH3 is 1. The number of hydrogen-bond donors (Lipinski definition) is 1. The first kappa shape index (κ1) is 19.7. The molecule has 2 amide bonds. The van der Waals surface area contributed by atoms with Crippen LogP contribution in [0.2, 0.25) is 0 Å². The Balaban J connectivity index is 1.53. The number of nitrogens with zero attached hydrogens (tertiary/aromatic N) is 2. The maximum atomic E-state index is 13.3. The average molecular weight is 405 g/mol. The van der Waals surface area contributed by atoms with Crippen molar-refractivity contribution in [3.8, 4) is 5.88 Å². The van der Waals surface area contributed by atoms with Gasteiger partial charge in [0, 0.05) is 24.3 Å². The normalized spacial score (nSPS) is 13.0. The van der Waals surface area contributed by atoms with Gasteiger partial charge in [-0.25, -0.2) is 4.98 Å². The first-order valence-corrected chi connectivity index (χ1v) is 9.84. The largest absolute Gasteiger partial charge is 0.480 e. The van der Waals surface area contributed by atoms with E-state index in [9.17, 15) is 9.59 Å². The van der Waals surface area contributed by atoms with Gasteiger partial charge in [-0.3, -0.25) is 9.59 Å². The van der Waals surface area contributed by atoms with Crippen LogP contribution in [0.1, 0.15) is 44.9 Å². The van der Waals surface area contributed by atoms with E-state index in [1.165, 1.54) is 7.11 Å². The molecule has 3 aromatic rings. The van der Waals surface area contributed by atoms with E-state index in [4.69, 9.17) is 9.15 Å². The summed E-state index contributed by atoms with van der Waals surface area (Å²) in [6.45, 7) is 0.649. The minimum Gasteiger partial charge on any atom is -0.480 e. The number of rotatable bonds is 8. The zero-order chi connectivity index (χ0) is 20.9. The molecule has 1 aromatic carbocycles. The monoisotopic (exact) mass is 405 g/mol. The van der Waals surface area contributed by atoms with Crippen molar-refractivity contribution in [2.75, 3.05) is 7.11 Å². The molecule has 1 saturated carbocycles. The third-order valence-corrected chi connectivity index (χ3v) is 4.91. The quantitative estimate of drug-likeness (QED) is 0.621. The second-order valence-electron chi connectivity index (χ2n) is 7.25. The zero-order valence-corrected chi connectivity index (χ0v) is 16.7. The number of carbonyl (C=O) groups excluding carboxylic acids is 2. The van der Waals surface area contributed by atoms with Crippen LogP contribution >= 0.6 is 0 Å². The van der Waals surface area contributed by atoms with Crippen molar-refractivity contribution in [1.29, 1.82) is 0 Å². The van der Waals surface area contributed by atoms with Crippen molar-refractivity contribution in [3.63, 3.8) is 0 Å². The van der Waals surface area contributed by atoms with Crippen LogP contribution in [0.4, 0.5) is 0 Å². The van der Waals surface area contributed by atoms with Crippen LogP contribution in [0.3, 0.4) is 0 Å². The summed E-state index contributed by atoms with van der Waals surface area (Å²) < 4.78 is 10.7. The standard InChI is InChI=1S/C23H23N3O4/c1-29-22-20(5-2-12-24-22)23(28)26(15-19-4-3-13-30-19)14-16-6-8-17(9-7-16)21(27)25-18-10-11-18/h2-9,12-13,18H,10-11,14-15H2,1H3,(H,25,27). The number of furan rings is 1. The Kier molecular flexibility index (Phi) is 5.79. The lowest BCUT2D eigenvalue weighted by Gasteiger charge is -2.22. The summed E-state index contributed by atoms with van der Waals surface area (Å²) in [4.78, 5) is 31.2. The summed E-state index contributed by atoms with van der Waals surface area (Å²) in [7, 11) is 1.49. The molecular weight excluding hydrogens is 382 g/mol. The average Bonchev–Trinajstić information content (AvgIpc) is 3.44. The van der Waals surface area contributed by atoms with E-state index >= 15 is 0 Å². The Morgan fingerprint density at radius 3 is 2.60 bits per heavy atom. The van der Waals surface area contributed by atoms with Crippen LogP contribution in [0.15, 0.2) is 65.4 Å². The lowest BCUT2D eigenvalue weighted by Crippen LogP contribution is -2.30. The first-order chi connectivity index (χ1) is 14.6. The van der Waals surface area contributed by atoms with Crippen molar-refractivity contribution >= 4 is 11.8 Å². The Bertz CT molecular complexity index is 1010. The fourth-order valence-corrected chi connectivity index (χ4v) is 3.16. The molecule has 7 heteroatoms. The highest BCUT2D eigenvalue weighted by Crippen LogP contribution is 2.21. The molecule has 0 radical (unpaired) electrons. The smallest absolute Gasteiger partial charge is 0.260 e. The molecule has 0 bridgehead atoms. The minimum atomic E-state index is -0.216. The number of aromatic nitrogens is 1. The van der Waals surface area contributed by atoms with Gasteiger partial charge in [-0.2, -0.15) is 0 Å². The van der Waals surface area contributed by atoms with Crippen molar-refractivity contribution in [2.24, 2.45) is 0 Å². The summed E-state index contributed by atoms with van der Waals surface area (Å²) in [6.07, 6.45) is 5.25. The Labute approximate surface area is 174 Å². The van der Waals surface area contributed by atoms with Crippen LogP contribution in [0.5, 0.6) is 5.88 Å². The number of ether oxygens (including phenoxy) is 1. The highest BCUT2D eigenvalue weighted by Gasteiger charge is 2.24. The van der Waals surface area contributed by atoms with Gasteiger partial charge < -0.3 is 19.4 Å². The summed E-state index contributed by atoms with van der Waals surface area (Å²) in [5, 5.41) is 2.98. The molecule has 1 aliphatic carbocycles. The number of amides is 2. The Morgan fingerprint density at radius 2 is 1.93 bits per heavy atom. The second-order valence-corrected chi connectivity index (χ2v) is 7.25. The summed E-state index contributed by atoms with van der Waals surface area (Å²) in [6, 6.07) is 14.6. The van der Waals surface area contributed by atoms with Gasteiger partial charge in [0.1, 0.15) is 11.3 Å². The highest BCUT2D eigenvalue weighted by molar-refractivity contribution is 5.96. The number of benzene rings is 1. The van der Waals surface area contributed by atoms with Crippen LogP contribution in [0.25, 0.3) is 0 Å². The molecular formula is C23H23N3O4. The molecule has 0 atom stereocenters. The van der Waals surface area contributed by atoms with E-state index in [1.807, 2.05) is 18.2 Å². The van der Waals surface area contributed by atoms with E-state index in [0.717, 1.165) is 18.4 Å². The van der Waals surface area contributed by atoms with Gasteiger partial charge in [0.2, 0.25) is 5.88 Å². The maximum absolute atomic E-state index is 13.3. The van der Waals surface area contributed by atoms with E-state index in [2.05, 4.69) is 10.3 Å². The zero-order valence-electron chi connectivity index (χ0n) is 16.7. The van der Waals surface area contributed by atoms with E-state index in [0.29, 0.717) is 36.0 Å². The van der Waals surface area contributed by atoms with E-state index in [1.54, 1.807) is 47.7 Å². The predicted octanol–water partition coefficient (Wildman–Crippen LogP) is 3.42. The van der Waals surface area contributed by atoms with Gasteiger partial charge >= 0.3 is 0 Å². The molecule has 2 aromatic heterocycles. The van der Waals surface area contributed by atoms with Gasteiger partial charge in [-0.15, -0.1) is 0 Å². The van der Waals surface area contributed by atoms with Crippen LogP contribution in [-0.2, 0) is 13.1 Å². The summed E-state index contributed by atoms with van der Waals surface area (Å²) in [5.41, 5.74) is 1.90. The lowest BCUT2D eigenvalue weighted by atomic mass is 10.1. The fraction of sp³-hybridized carbons (Fsp3) is 0.261. The first-order valence-electron chi connectivity index (χ1n) is 9.84. The van der Waals surface area contributed by atoms with Crippen molar-refractivity contribution < 1.29 is 18.7 Å². The SMILES string of the molecule is COc1ncccc1C(=O)N(Cc1ccc(C(=O)NC2CC2)cc1)Cc1ccco1. The van der Waals surface area contributed by atoms with Gasteiger partial charge in [-0.1, -0.05) is 12.1 Å². The van der Waals surface area contributed by atoms with Gasteiger partial charge in [-0.05, 0) is 54.8 Å². The number of nitrogens with one attached hydrogen (secondary N) is 1. The summed E-state index contributed by atoms with van der Waals surface area (Å²) in [5.74, 6) is 0.672. The van der Waals surface area contributed by atoms with E-state index in [-0.39, 0.29) is 17.7 Å². The third-order valence-electron chi connectivity index (χ3n) is 4.91. The molecule has 1 aliphatic rings. The van der Waals surface area contributed by atoms with Gasteiger partial charge in [0.15, 0.2) is 0 Å². The molecule has 0 spiro atoms. The summed E-state index contributed by atoms with van der Waals surface area (Å²) >= 11 is 0. The van der Waals surface area contributed by atoms with Crippen LogP contribution in [-0.4, -0.2) is 34.8 Å². The van der Waals surface area contributed by atoms with Gasteiger partial charge in [0.25, 0.3) is 11.8 Å².